The van der Waals surface area contributed by atoms with Crippen LogP contribution in [0.2, 0.25) is 0 Å². The predicted octanol–water partition coefficient (Wildman–Crippen LogP) is 5.76. The Morgan fingerprint density at radius 1 is 0.912 bits per heavy atom. The van der Waals surface area contributed by atoms with Gasteiger partial charge in [0.2, 0.25) is 0 Å². The number of hydrogen-bond acceptors (Lipinski definition) is 4. The highest BCUT2D eigenvalue weighted by Gasteiger charge is 2.28. The summed E-state index contributed by atoms with van der Waals surface area (Å²) in [6.45, 7) is 2.58. The van der Waals surface area contributed by atoms with Gasteiger partial charge in [-0.25, -0.2) is 4.39 Å². The summed E-state index contributed by atoms with van der Waals surface area (Å²) in [7, 11) is 3.42. The van der Waals surface area contributed by atoms with E-state index in [9.17, 15) is 9.18 Å². The molecule has 5 heteroatoms. The molecule has 0 saturated carbocycles. The summed E-state index contributed by atoms with van der Waals surface area (Å²) in [4.78, 5) is 15.3. The highest BCUT2D eigenvalue weighted by Crippen LogP contribution is 2.33. The van der Waals surface area contributed by atoms with Gasteiger partial charge in [0.15, 0.2) is 5.78 Å². The van der Waals surface area contributed by atoms with Crippen LogP contribution < -0.4 is 9.47 Å². The molecule has 0 aromatic heterocycles. The molecule has 4 nitrogen and oxygen atoms in total. The Hall–Kier alpha value is -3.18. The van der Waals surface area contributed by atoms with Gasteiger partial charge in [0, 0.05) is 23.9 Å². The Kier molecular flexibility index (Phi) is 7.96. The Balaban J connectivity index is 1.47. The molecule has 1 atom stereocenters. The van der Waals surface area contributed by atoms with Gasteiger partial charge in [0.1, 0.15) is 17.3 Å². The monoisotopic (exact) mass is 461 g/mol. The average Bonchev–Trinajstić information content (AvgIpc) is 2.89. The molecule has 1 aliphatic heterocycles. The SMILES string of the molecule is COc1ccccc1CC(CN1CCC(C(=O)c2ccc(F)cc2)CC1)c1ccccc1OC. The molecule has 4 rings (SSSR count). The van der Waals surface area contributed by atoms with Crippen molar-refractivity contribution in [3.8, 4) is 11.5 Å². The molecule has 0 spiro atoms. The minimum absolute atomic E-state index is 0.0133. The van der Waals surface area contributed by atoms with E-state index in [-0.39, 0.29) is 23.4 Å². The standard InChI is InChI=1S/C29H32FNO3/c1-33-27-9-5-3-7-23(27)19-24(26-8-4-6-10-28(26)34-2)20-31-17-15-22(16-18-31)29(32)21-11-13-25(30)14-12-21/h3-14,22,24H,15-20H2,1-2H3. The van der Waals surface area contributed by atoms with Crippen molar-refractivity contribution < 1.29 is 18.7 Å². The minimum atomic E-state index is -0.316. The van der Waals surface area contributed by atoms with Crippen LogP contribution >= 0.6 is 0 Å². The molecule has 0 N–H and O–H groups in total. The van der Waals surface area contributed by atoms with E-state index >= 15 is 0 Å². The molecule has 178 valence electrons. The number of hydrogen-bond donors (Lipinski definition) is 0. The molecular weight excluding hydrogens is 429 g/mol. The summed E-state index contributed by atoms with van der Waals surface area (Å²) in [5, 5.41) is 0. The predicted molar refractivity (Wildman–Crippen MR) is 132 cm³/mol. The van der Waals surface area contributed by atoms with Crippen molar-refractivity contribution in [2.24, 2.45) is 5.92 Å². The molecule has 3 aromatic carbocycles. The summed E-state index contributed by atoms with van der Waals surface area (Å²) in [6.07, 6.45) is 2.45. The number of para-hydroxylation sites is 2. The van der Waals surface area contributed by atoms with E-state index in [0.717, 1.165) is 50.4 Å². The van der Waals surface area contributed by atoms with Crippen LogP contribution in [0.25, 0.3) is 0 Å². The number of carbonyl (C=O) groups excluding carboxylic acids is 1. The van der Waals surface area contributed by atoms with Crippen molar-refractivity contribution >= 4 is 5.78 Å². The van der Waals surface area contributed by atoms with Gasteiger partial charge in [-0.1, -0.05) is 36.4 Å². The zero-order valence-corrected chi connectivity index (χ0v) is 19.9. The molecule has 0 aliphatic carbocycles. The minimum Gasteiger partial charge on any atom is -0.496 e. The third-order valence-corrected chi connectivity index (χ3v) is 6.80. The average molecular weight is 462 g/mol. The van der Waals surface area contributed by atoms with Gasteiger partial charge in [0.25, 0.3) is 0 Å². The van der Waals surface area contributed by atoms with E-state index in [4.69, 9.17) is 9.47 Å². The second-order valence-electron chi connectivity index (χ2n) is 8.90. The number of likely N-dealkylation sites (tertiary alicyclic amines) is 1. The quantitative estimate of drug-likeness (QED) is 0.380. The number of halogens is 1. The first kappa shape index (κ1) is 24.0. The Morgan fingerprint density at radius 3 is 2.21 bits per heavy atom. The molecule has 0 amide bonds. The highest BCUT2D eigenvalue weighted by molar-refractivity contribution is 5.97. The lowest BCUT2D eigenvalue weighted by atomic mass is 9.86. The van der Waals surface area contributed by atoms with Crippen LogP contribution in [-0.2, 0) is 6.42 Å². The van der Waals surface area contributed by atoms with Gasteiger partial charge < -0.3 is 14.4 Å². The fourth-order valence-corrected chi connectivity index (χ4v) is 4.95. The van der Waals surface area contributed by atoms with Gasteiger partial charge >= 0.3 is 0 Å². The third kappa shape index (κ3) is 5.65. The molecule has 1 saturated heterocycles. The number of Topliss-reactive ketones (excluding diaryl/α,β-unsaturated/α-hetero) is 1. The maximum absolute atomic E-state index is 13.2. The van der Waals surface area contributed by atoms with Gasteiger partial charge in [-0.2, -0.15) is 0 Å². The Labute approximate surface area is 201 Å². The van der Waals surface area contributed by atoms with E-state index in [1.165, 1.54) is 23.3 Å². The van der Waals surface area contributed by atoms with Crippen molar-refractivity contribution in [1.29, 1.82) is 0 Å². The Morgan fingerprint density at radius 2 is 1.53 bits per heavy atom. The largest absolute Gasteiger partial charge is 0.496 e. The first-order valence-electron chi connectivity index (χ1n) is 11.9. The van der Waals surface area contributed by atoms with E-state index in [1.54, 1.807) is 26.4 Å². The van der Waals surface area contributed by atoms with Crippen LogP contribution in [-0.4, -0.2) is 44.5 Å². The molecule has 0 bridgehead atoms. The number of methoxy groups -OCH3 is 2. The lowest BCUT2D eigenvalue weighted by Gasteiger charge is -2.34. The van der Waals surface area contributed by atoms with Crippen molar-refractivity contribution in [1.82, 2.24) is 4.90 Å². The van der Waals surface area contributed by atoms with Gasteiger partial charge in [0.05, 0.1) is 14.2 Å². The van der Waals surface area contributed by atoms with Gasteiger partial charge in [-0.15, -0.1) is 0 Å². The fourth-order valence-electron chi connectivity index (χ4n) is 4.95. The van der Waals surface area contributed by atoms with E-state index in [2.05, 4.69) is 23.1 Å². The molecule has 1 heterocycles. The van der Waals surface area contributed by atoms with Gasteiger partial charge in [-0.05, 0) is 79.9 Å². The summed E-state index contributed by atoms with van der Waals surface area (Å²) in [5.41, 5.74) is 2.95. The summed E-state index contributed by atoms with van der Waals surface area (Å²) in [5.74, 6) is 1.80. The first-order chi connectivity index (χ1) is 16.6. The molecule has 1 unspecified atom stereocenters. The lowest BCUT2D eigenvalue weighted by Crippen LogP contribution is -2.39. The summed E-state index contributed by atoms with van der Waals surface area (Å²) in [6, 6.07) is 22.3. The second-order valence-corrected chi connectivity index (χ2v) is 8.90. The maximum atomic E-state index is 13.2. The van der Waals surface area contributed by atoms with Crippen LogP contribution in [0.3, 0.4) is 0 Å². The number of nitrogens with zero attached hydrogens (tertiary/aromatic N) is 1. The topological polar surface area (TPSA) is 38.8 Å². The van der Waals surface area contributed by atoms with Crippen molar-refractivity contribution in [3.63, 3.8) is 0 Å². The van der Waals surface area contributed by atoms with E-state index in [1.807, 2.05) is 30.3 Å². The fraction of sp³-hybridized carbons (Fsp3) is 0.345. The number of ketones is 1. The van der Waals surface area contributed by atoms with Crippen molar-refractivity contribution in [2.75, 3.05) is 33.9 Å². The molecule has 3 aromatic rings. The smallest absolute Gasteiger partial charge is 0.166 e. The van der Waals surface area contributed by atoms with Crippen LogP contribution in [0.1, 0.15) is 40.2 Å². The number of ether oxygens (including phenoxy) is 2. The zero-order chi connectivity index (χ0) is 23.9. The highest BCUT2D eigenvalue weighted by atomic mass is 19.1. The number of benzene rings is 3. The molecule has 1 fully saturated rings. The maximum Gasteiger partial charge on any atom is 0.166 e. The molecular formula is C29H32FNO3. The van der Waals surface area contributed by atoms with Crippen LogP contribution in [0.15, 0.2) is 72.8 Å². The first-order valence-corrected chi connectivity index (χ1v) is 11.9. The molecule has 0 radical (unpaired) electrons. The number of rotatable bonds is 9. The lowest BCUT2D eigenvalue weighted by molar-refractivity contribution is 0.0835. The van der Waals surface area contributed by atoms with Crippen molar-refractivity contribution in [2.45, 2.75) is 25.2 Å². The Bertz CT molecular complexity index is 1090. The van der Waals surface area contributed by atoms with Crippen LogP contribution in [0.4, 0.5) is 4.39 Å². The molecule has 1 aliphatic rings. The third-order valence-electron chi connectivity index (χ3n) is 6.80. The van der Waals surface area contributed by atoms with Crippen LogP contribution in [0.5, 0.6) is 11.5 Å². The zero-order valence-electron chi connectivity index (χ0n) is 19.9. The summed E-state index contributed by atoms with van der Waals surface area (Å²) >= 11 is 0. The van der Waals surface area contributed by atoms with Crippen molar-refractivity contribution in [3.05, 3.63) is 95.3 Å². The van der Waals surface area contributed by atoms with Crippen LogP contribution in [0, 0.1) is 11.7 Å². The van der Waals surface area contributed by atoms with Gasteiger partial charge in [-0.3, -0.25) is 4.79 Å². The normalized spacial score (nSPS) is 15.6. The van der Waals surface area contributed by atoms with E-state index in [0.29, 0.717) is 5.56 Å². The number of carbonyl (C=O) groups is 1. The second kappa shape index (κ2) is 11.3. The number of piperidine rings is 1. The summed E-state index contributed by atoms with van der Waals surface area (Å²) < 4.78 is 24.5. The van der Waals surface area contributed by atoms with E-state index < -0.39 is 0 Å². The molecule has 34 heavy (non-hydrogen) atoms.